The molecule has 29 heavy (non-hydrogen) atoms. The van der Waals surface area contributed by atoms with Crippen molar-refractivity contribution in [1.29, 1.82) is 0 Å². The van der Waals surface area contributed by atoms with E-state index in [2.05, 4.69) is 15.3 Å². The molecule has 0 saturated carbocycles. The first-order valence-electron chi connectivity index (χ1n) is 9.96. The van der Waals surface area contributed by atoms with Gasteiger partial charge in [0.05, 0.1) is 18.8 Å². The van der Waals surface area contributed by atoms with Gasteiger partial charge in [0, 0.05) is 44.5 Å². The summed E-state index contributed by atoms with van der Waals surface area (Å²) in [5, 5.41) is 7.75. The summed E-state index contributed by atoms with van der Waals surface area (Å²) in [6, 6.07) is 0. The minimum Gasteiger partial charge on any atom is -0.357 e. The summed E-state index contributed by atoms with van der Waals surface area (Å²) in [4.78, 5) is 8.43. The zero-order valence-electron chi connectivity index (χ0n) is 18.0. The monoisotopic (exact) mass is 530 g/mol. The number of nitrogens with one attached hydrogen (secondary N) is 1. The number of guanidine groups is 1. The predicted molar refractivity (Wildman–Crippen MR) is 121 cm³/mol. The normalized spacial score (nSPS) is 17.8. The summed E-state index contributed by atoms with van der Waals surface area (Å²) < 4.78 is 40.0. The molecule has 2 rings (SSSR count). The molecule has 6 nitrogen and oxygen atoms in total. The highest BCUT2D eigenvalue weighted by Gasteiger charge is 2.33. The van der Waals surface area contributed by atoms with E-state index >= 15 is 0 Å². The van der Waals surface area contributed by atoms with E-state index in [4.69, 9.17) is 4.99 Å². The fourth-order valence-electron chi connectivity index (χ4n) is 3.72. The lowest BCUT2D eigenvalue weighted by Gasteiger charge is -2.26. The van der Waals surface area contributed by atoms with Gasteiger partial charge in [-0.25, -0.2) is 4.99 Å². The molecule has 0 radical (unpaired) electrons. The number of alkyl halides is 3. The van der Waals surface area contributed by atoms with Crippen molar-refractivity contribution in [1.82, 2.24) is 24.9 Å². The number of likely N-dealkylation sites (tertiary alicyclic amines) is 1. The molecule has 168 valence electrons. The topological polar surface area (TPSA) is 48.7 Å². The summed E-state index contributed by atoms with van der Waals surface area (Å²) in [7, 11) is 1.92. The highest BCUT2D eigenvalue weighted by atomic mass is 127. The summed E-state index contributed by atoms with van der Waals surface area (Å²) in [6.07, 6.45) is -3.27. The van der Waals surface area contributed by atoms with Crippen molar-refractivity contribution in [3.63, 3.8) is 0 Å². The quantitative estimate of drug-likeness (QED) is 0.334. The molecule has 1 N–H and O–H groups in total. The molecule has 1 unspecified atom stereocenters. The lowest BCUT2D eigenvalue weighted by Crippen LogP contribution is -2.41. The van der Waals surface area contributed by atoms with Crippen LogP contribution >= 0.6 is 24.0 Å². The minimum atomic E-state index is -4.15. The molecule has 1 saturated heterocycles. The van der Waals surface area contributed by atoms with Crippen LogP contribution in [0.5, 0.6) is 0 Å². The Morgan fingerprint density at radius 3 is 2.52 bits per heavy atom. The number of hydrogen-bond donors (Lipinski definition) is 1. The Hall–Kier alpha value is -1.04. The molecule has 0 amide bonds. The smallest absolute Gasteiger partial charge is 0.357 e. The van der Waals surface area contributed by atoms with Gasteiger partial charge in [0.1, 0.15) is 0 Å². The van der Waals surface area contributed by atoms with Gasteiger partial charge in [-0.05, 0) is 39.7 Å². The van der Waals surface area contributed by atoms with Crippen LogP contribution in [0.2, 0.25) is 0 Å². The molecule has 1 aromatic heterocycles. The molecule has 1 atom stereocenters. The maximum absolute atomic E-state index is 12.7. The van der Waals surface area contributed by atoms with Gasteiger partial charge in [-0.1, -0.05) is 6.92 Å². The van der Waals surface area contributed by atoms with Crippen LogP contribution in [-0.4, -0.2) is 71.0 Å². The fourth-order valence-corrected chi connectivity index (χ4v) is 3.72. The average molecular weight is 530 g/mol. The third-order valence-electron chi connectivity index (χ3n) is 5.33. The van der Waals surface area contributed by atoms with E-state index in [0.29, 0.717) is 19.6 Å². The first-order valence-corrected chi connectivity index (χ1v) is 9.96. The van der Waals surface area contributed by atoms with Gasteiger partial charge in [-0.3, -0.25) is 9.58 Å². The van der Waals surface area contributed by atoms with Crippen LogP contribution in [0.15, 0.2) is 4.99 Å². The van der Waals surface area contributed by atoms with Crippen LogP contribution in [-0.2, 0) is 13.6 Å². The molecule has 1 aromatic rings. The first-order chi connectivity index (χ1) is 13.1. The van der Waals surface area contributed by atoms with Crippen molar-refractivity contribution in [2.45, 2.75) is 46.8 Å². The van der Waals surface area contributed by atoms with E-state index in [1.807, 2.05) is 32.5 Å². The van der Waals surface area contributed by atoms with E-state index in [9.17, 15) is 13.2 Å². The predicted octanol–water partition coefficient (Wildman–Crippen LogP) is 3.33. The molecule has 1 aliphatic heterocycles. The molecule has 2 heterocycles. The molecule has 0 bridgehead atoms. The van der Waals surface area contributed by atoms with Crippen molar-refractivity contribution in [3.8, 4) is 0 Å². The van der Waals surface area contributed by atoms with Gasteiger partial charge in [0.2, 0.25) is 0 Å². The largest absolute Gasteiger partial charge is 0.401 e. The van der Waals surface area contributed by atoms with Crippen LogP contribution in [0.3, 0.4) is 0 Å². The second-order valence-corrected chi connectivity index (χ2v) is 7.49. The molecule has 1 fully saturated rings. The summed E-state index contributed by atoms with van der Waals surface area (Å²) >= 11 is 0. The van der Waals surface area contributed by atoms with E-state index in [0.717, 1.165) is 49.0 Å². The maximum Gasteiger partial charge on any atom is 0.401 e. The SMILES string of the molecule is CCNC(=NCc1c(C)nn(C)c1C)N1CCC(CN(CC)CC(F)(F)F)C1.I. The molecular formula is C19H34F3IN6. The number of nitrogens with zero attached hydrogens (tertiary/aromatic N) is 5. The van der Waals surface area contributed by atoms with Crippen LogP contribution < -0.4 is 5.32 Å². The summed E-state index contributed by atoms with van der Waals surface area (Å²) in [6.45, 7) is 10.7. The number of aliphatic imine (C=N–C) groups is 1. The number of halogens is 4. The van der Waals surface area contributed by atoms with Gasteiger partial charge < -0.3 is 10.2 Å². The Kier molecular flexibility index (Phi) is 10.2. The van der Waals surface area contributed by atoms with Gasteiger partial charge in [0.25, 0.3) is 0 Å². The third kappa shape index (κ3) is 7.62. The molecule has 0 spiro atoms. The summed E-state index contributed by atoms with van der Waals surface area (Å²) in [5.41, 5.74) is 3.20. The van der Waals surface area contributed by atoms with Crippen LogP contribution in [0, 0.1) is 19.8 Å². The molecule has 1 aliphatic rings. The zero-order valence-corrected chi connectivity index (χ0v) is 20.3. The van der Waals surface area contributed by atoms with Crippen molar-refractivity contribution in [2.24, 2.45) is 18.0 Å². The second kappa shape index (κ2) is 11.4. The Bertz CT molecular complexity index is 674. The van der Waals surface area contributed by atoms with E-state index in [1.165, 1.54) is 4.90 Å². The van der Waals surface area contributed by atoms with Gasteiger partial charge >= 0.3 is 6.18 Å². The van der Waals surface area contributed by atoms with Crippen molar-refractivity contribution < 1.29 is 13.2 Å². The Morgan fingerprint density at radius 1 is 1.31 bits per heavy atom. The third-order valence-corrected chi connectivity index (χ3v) is 5.33. The minimum absolute atomic E-state index is 0. The van der Waals surface area contributed by atoms with Gasteiger partial charge in [-0.2, -0.15) is 18.3 Å². The lowest BCUT2D eigenvalue weighted by molar-refractivity contribution is -0.146. The van der Waals surface area contributed by atoms with Crippen LogP contribution in [0.1, 0.15) is 37.2 Å². The Labute approximate surface area is 188 Å². The zero-order chi connectivity index (χ0) is 20.9. The van der Waals surface area contributed by atoms with E-state index < -0.39 is 12.7 Å². The standard InChI is InChI=1S/C19H33F3N6.HI/c1-6-23-18(24-10-17-14(3)25-26(5)15(17)4)28-9-8-16(12-28)11-27(7-2)13-19(20,21)22;/h16H,6-13H2,1-5H3,(H,23,24);1H. The Morgan fingerprint density at radius 2 is 2.00 bits per heavy atom. The number of aryl methyl sites for hydroxylation is 2. The average Bonchev–Trinajstić information content (AvgIpc) is 3.15. The van der Waals surface area contributed by atoms with E-state index in [1.54, 1.807) is 6.92 Å². The van der Waals surface area contributed by atoms with Crippen LogP contribution in [0.4, 0.5) is 13.2 Å². The molecular weight excluding hydrogens is 496 g/mol. The molecule has 0 aliphatic carbocycles. The lowest BCUT2D eigenvalue weighted by atomic mass is 10.1. The summed E-state index contributed by atoms with van der Waals surface area (Å²) in [5.74, 6) is 1.04. The van der Waals surface area contributed by atoms with E-state index in [-0.39, 0.29) is 29.9 Å². The van der Waals surface area contributed by atoms with Gasteiger partial charge in [-0.15, -0.1) is 24.0 Å². The second-order valence-electron chi connectivity index (χ2n) is 7.49. The number of aromatic nitrogens is 2. The van der Waals surface area contributed by atoms with Crippen LogP contribution in [0.25, 0.3) is 0 Å². The van der Waals surface area contributed by atoms with Gasteiger partial charge in [0.15, 0.2) is 5.96 Å². The van der Waals surface area contributed by atoms with Crippen molar-refractivity contribution >= 4 is 29.9 Å². The van der Waals surface area contributed by atoms with Crippen molar-refractivity contribution in [2.75, 3.05) is 39.3 Å². The highest BCUT2D eigenvalue weighted by Crippen LogP contribution is 2.22. The van der Waals surface area contributed by atoms with Crippen molar-refractivity contribution in [3.05, 3.63) is 17.0 Å². The number of rotatable bonds is 7. The Balaban J connectivity index is 0.00000420. The molecule has 10 heteroatoms. The fraction of sp³-hybridized carbons (Fsp3) is 0.789. The number of hydrogen-bond acceptors (Lipinski definition) is 3. The molecule has 0 aromatic carbocycles. The highest BCUT2D eigenvalue weighted by molar-refractivity contribution is 14.0. The first kappa shape index (κ1) is 26.0. The maximum atomic E-state index is 12.7.